The molecule has 0 aliphatic heterocycles. The average Bonchev–Trinajstić information content (AvgIpc) is 3.16. The lowest BCUT2D eigenvalue weighted by atomic mass is 10.2. The van der Waals surface area contributed by atoms with Crippen LogP contribution in [0.4, 0.5) is 5.69 Å². The largest absolute Gasteiger partial charge is 0.397 e. The minimum atomic E-state index is -3.47. The summed E-state index contributed by atoms with van der Waals surface area (Å²) in [6.07, 6.45) is 2.69. The number of aryl methyl sites for hydroxylation is 1. The van der Waals surface area contributed by atoms with Crippen LogP contribution in [0.1, 0.15) is 31.7 Å². The lowest BCUT2D eigenvalue weighted by Crippen LogP contribution is -2.33. The summed E-state index contributed by atoms with van der Waals surface area (Å²) >= 11 is 5.98. The molecular weight excluding hydrogens is 284 g/mol. The number of rotatable bonds is 5. The second kappa shape index (κ2) is 5.31. The van der Waals surface area contributed by atoms with Gasteiger partial charge in [0.15, 0.2) is 0 Å². The summed E-state index contributed by atoms with van der Waals surface area (Å²) in [5.41, 5.74) is 6.77. The Morgan fingerprint density at radius 2 is 2.05 bits per heavy atom. The fourth-order valence-corrected chi connectivity index (χ4v) is 4.14. The van der Waals surface area contributed by atoms with Crippen LogP contribution in [-0.4, -0.2) is 25.3 Å². The Labute approximate surface area is 119 Å². The van der Waals surface area contributed by atoms with Crippen LogP contribution >= 0.6 is 11.6 Å². The summed E-state index contributed by atoms with van der Waals surface area (Å²) < 4.78 is 26.9. The lowest BCUT2D eigenvalue weighted by molar-refractivity contribution is 0.403. The van der Waals surface area contributed by atoms with Crippen LogP contribution in [0.15, 0.2) is 17.0 Å². The summed E-state index contributed by atoms with van der Waals surface area (Å²) in [4.78, 5) is 0.243. The quantitative estimate of drug-likeness (QED) is 0.851. The third-order valence-corrected chi connectivity index (χ3v) is 5.71. The Kier molecular flexibility index (Phi) is 4.08. The van der Waals surface area contributed by atoms with Gasteiger partial charge in [-0.05, 0) is 43.9 Å². The monoisotopic (exact) mass is 302 g/mol. The van der Waals surface area contributed by atoms with Crippen molar-refractivity contribution in [1.82, 2.24) is 4.31 Å². The van der Waals surface area contributed by atoms with E-state index in [2.05, 4.69) is 0 Å². The summed E-state index contributed by atoms with van der Waals surface area (Å²) in [5, 5.41) is 0.424. The van der Waals surface area contributed by atoms with E-state index in [0.29, 0.717) is 22.8 Å². The molecule has 0 spiro atoms. The number of nitrogens with zero attached hydrogens (tertiary/aromatic N) is 1. The van der Waals surface area contributed by atoms with Crippen LogP contribution in [0.25, 0.3) is 0 Å². The van der Waals surface area contributed by atoms with E-state index in [4.69, 9.17) is 17.3 Å². The molecule has 4 nitrogen and oxygen atoms in total. The van der Waals surface area contributed by atoms with E-state index in [9.17, 15) is 8.42 Å². The maximum absolute atomic E-state index is 12.6. The second-order valence-electron chi connectivity index (χ2n) is 4.99. The number of hydrogen-bond donors (Lipinski definition) is 1. The number of halogens is 1. The van der Waals surface area contributed by atoms with Crippen molar-refractivity contribution < 1.29 is 8.42 Å². The highest BCUT2D eigenvalue weighted by atomic mass is 35.5. The molecule has 2 N–H and O–H groups in total. The summed E-state index contributed by atoms with van der Waals surface area (Å²) in [6, 6.07) is 3.21. The molecule has 19 heavy (non-hydrogen) atoms. The van der Waals surface area contributed by atoms with E-state index in [1.54, 1.807) is 17.3 Å². The molecule has 106 valence electrons. The molecule has 0 atom stereocenters. The summed E-state index contributed by atoms with van der Waals surface area (Å²) in [7, 11) is -3.47. The van der Waals surface area contributed by atoms with Crippen molar-refractivity contribution in [2.24, 2.45) is 0 Å². The first-order valence-corrected chi connectivity index (χ1v) is 8.27. The Morgan fingerprint density at radius 1 is 1.42 bits per heavy atom. The van der Waals surface area contributed by atoms with Crippen LogP contribution in [0.3, 0.4) is 0 Å². The minimum Gasteiger partial charge on any atom is -0.397 e. The molecule has 0 amide bonds. The third-order valence-electron chi connectivity index (χ3n) is 3.26. The van der Waals surface area contributed by atoms with E-state index in [0.717, 1.165) is 19.3 Å². The smallest absolute Gasteiger partial charge is 0.243 e. The van der Waals surface area contributed by atoms with E-state index >= 15 is 0 Å². The fourth-order valence-electron chi connectivity index (χ4n) is 2.13. The number of benzene rings is 1. The van der Waals surface area contributed by atoms with Gasteiger partial charge in [0.1, 0.15) is 0 Å². The zero-order valence-electron chi connectivity index (χ0n) is 11.2. The molecule has 1 aliphatic carbocycles. The molecule has 0 aromatic heterocycles. The number of sulfonamides is 1. The van der Waals surface area contributed by atoms with Gasteiger partial charge in [-0.25, -0.2) is 8.42 Å². The zero-order chi connectivity index (χ0) is 14.2. The first-order valence-electron chi connectivity index (χ1n) is 6.45. The molecule has 2 rings (SSSR count). The molecule has 1 aromatic carbocycles. The van der Waals surface area contributed by atoms with Crippen LogP contribution < -0.4 is 5.73 Å². The van der Waals surface area contributed by atoms with Gasteiger partial charge in [0.05, 0.1) is 15.6 Å². The van der Waals surface area contributed by atoms with Gasteiger partial charge in [0.25, 0.3) is 0 Å². The Bertz CT molecular complexity index is 559. The van der Waals surface area contributed by atoms with Crippen molar-refractivity contribution in [1.29, 1.82) is 0 Å². The molecule has 0 bridgehead atoms. The number of nitrogens with two attached hydrogens (primary N) is 1. The first kappa shape index (κ1) is 14.6. The molecule has 1 saturated carbocycles. The number of nitrogen functional groups attached to an aromatic ring is 1. The summed E-state index contributed by atoms with van der Waals surface area (Å²) in [5.74, 6) is 0. The maximum Gasteiger partial charge on any atom is 0.243 e. The van der Waals surface area contributed by atoms with Gasteiger partial charge < -0.3 is 5.73 Å². The van der Waals surface area contributed by atoms with Crippen molar-refractivity contribution in [3.8, 4) is 0 Å². The van der Waals surface area contributed by atoms with Gasteiger partial charge in [-0.1, -0.05) is 18.5 Å². The highest BCUT2D eigenvalue weighted by molar-refractivity contribution is 7.89. The van der Waals surface area contributed by atoms with Crippen molar-refractivity contribution in [2.75, 3.05) is 12.3 Å². The Morgan fingerprint density at radius 3 is 2.53 bits per heavy atom. The standard InChI is InChI=1S/C13H19ClN2O2S/c1-3-6-16(10-4-5-10)19(17,18)11-7-9(2)13(14)12(15)8-11/h7-8,10H,3-6,15H2,1-2H3. The van der Waals surface area contributed by atoms with E-state index in [-0.39, 0.29) is 10.9 Å². The third kappa shape index (κ3) is 2.88. The van der Waals surface area contributed by atoms with Crippen molar-refractivity contribution in [3.05, 3.63) is 22.7 Å². The second-order valence-corrected chi connectivity index (χ2v) is 7.26. The SMILES string of the molecule is CCCN(C1CC1)S(=O)(=O)c1cc(C)c(Cl)c(N)c1. The van der Waals surface area contributed by atoms with Gasteiger partial charge in [0, 0.05) is 12.6 Å². The molecule has 0 radical (unpaired) electrons. The van der Waals surface area contributed by atoms with Crippen molar-refractivity contribution >= 4 is 27.3 Å². The molecule has 1 aromatic rings. The van der Waals surface area contributed by atoms with Crippen molar-refractivity contribution in [2.45, 2.75) is 44.0 Å². The van der Waals surface area contributed by atoms with Crippen LogP contribution in [0, 0.1) is 6.92 Å². The Balaban J connectivity index is 2.43. The molecule has 1 fully saturated rings. The number of hydrogen-bond acceptors (Lipinski definition) is 3. The normalized spacial score (nSPS) is 16.0. The molecule has 0 saturated heterocycles. The van der Waals surface area contributed by atoms with Crippen LogP contribution in [0.5, 0.6) is 0 Å². The predicted molar refractivity (Wildman–Crippen MR) is 77.8 cm³/mol. The average molecular weight is 303 g/mol. The van der Waals surface area contributed by atoms with Gasteiger partial charge in [-0.15, -0.1) is 0 Å². The topological polar surface area (TPSA) is 63.4 Å². The molecule has 6 heteroatoms. The van der Waals surface area contributed by atoms with Crippen molar-refractivity contribution in [3.63, 3.8) is 0 Å². The first-order chi connectivity index (χ1) is 8.87. The molecular formula is C13H19ClN2O2S. The predicted octanol–water partition coefficient (Wildman–Crippen LogP) is 2.79. The van der Waals surface area contributed by atoms with E-state index < -0.39 is 10.0 Å². The van der Waals surface area contributed by atoms with E-state index in [1.807, 2.05) is 6.92 Å². The van der Waals surface area contributed by atoms with Gasteiger partial charge in [-0.3, -0.25) is 0 Å². The highest BCUT2D eigenvalue weighted by Gasteiger charge is 2.37. The van der Waals surface area contributed by atoms with Crippen LogP contribution in [0.2, 0.25) is 5.02 Å². The zero-order valence-corrected chi connectivity index (χ0v) is 12.8. The molecule has 1 aliphatic rings. The van der Waals surface area contributed by atoms with Gasteiger partial charge in [-0.2, -0.15) is 4.31 Å². The van der Waals surface area contributed by atoms with E-state index in [1.165, 1.54) is 6.07 Å². The molecule has 0 unspecified atom stereocenters. The lowest BCUT2D eigenvalue weighted by Gasteiger charge is -2.22. The Hall–Kier alpha value is -0.780. The number of anilines is 1. The summed E-state index contributed by atoms with van der Waals surface area (Å²) in [6.45, 7) is 4.29. The van der Waals surface area contributed by atoms with Gasteiger partial charge >= 0.3 is 0 Å². The fraction of sp³-hybridized carbons (Fsp3) is 0.538. The molecule has 0 heterocycles. The highest BCUT2D eigenvalue weighted by Crippen LogP contribution is 2.34. The minimum absolute atomic E-state index is 0.155. The maximum atomic E-state index is 12.6. The van der Waals surface area contributed by atoms with Gasteiger partial charge in [0.2, 0.25) is 10.0 Å². The van der Waals surface area contributed by atoms with Crippen LogP contribution in [-0.2, 0) is 10.0 Å².